The molecule has 3 rings (SSSR count). The predicted octanol–water partition coefficient (Wildman–Crippen LogP) is 3.07. The number of aromatic nitrogens is 1. The number of hydrogen-bond donors (Lipinski definition) is 1. The number of anilines is 1. The van der Waals surface area contributed by atoms with E-state index in [4.69, 9.17) is 0 Å². The number of thiazole rings is 1. The number of rotatable bonds is 5. The zero-order valence-corrected chi connectivity index (χ0v) is 14.0. The molecule has 1 aliphatic rings. The Labute approximate surface area is 139 Å². The molecule has 1 fully saturated rings. The molecule has 5 nitrogen and oxygen atoms in total. The third-order valence-electron chi connectivity index (χ3n) is 3.74. The van der Waals surface area contributed by atoms with Crippen LogP contribution in [0.3, 0.4) is 0 Å². The molecule has 1 aliphatic carbocycles. The summed E-state index contributed by atoms with van der Waals surface area (Å²) in [6.45, 7) is 2.42. The van der Waals surface area contributed by atoms with Gasteiger partial charge in [0.05, 0.1) is 17.2 Å². The lowest BCUT2D eigenvalue weighted by Crippen LogP contribution is -2.26. The number of nitrogens with zero attached hydrogens (tertiary/aromatic N) is 2. The molecule has 1 heterocycles. The van der Waals surface area contributed by atoms with Crippen LogP contribution in [-0.2, 0) is 11.3 Å². The van der Waals surface area contributed by atoms with Crippen LogP contribution in [0, 0.1) is 12.8 Å². The van der Waals surface area contributed by atoms with Crippen molar-refractivity contribution >= 4 is 28.8 Å². The molecule has 0 radical (unpaired) electrons. The topological polar surface area (TPSA) is 62.3 Å². The quantitative estimate of drug-likeness (QED) is 0.917. The van der Waals surface area contributed by atoms with Gasteiger partial charge < -0.3 is 10.2 Å². The Balaban J connectivity index is 1.67. The lowest BCUT2D eigenvalue weighted by molar-refractivity contribution is -0.117. The highest BCUT2D eigenvalue weighted by Gasteiger charge is 2.29. The van der Waals surface area contributed by atoms with Gasteiger partial charge in [-0.15, -0.1) is 11.3 Å². The van der Waals surface area contributed by atoms with Gasteiger partial charge in [0, 0.05) is 29.6 Å². The third kappa shape index (κ3) is 3.96. The Kier molecular flexibility index (Phi) is 4.43. The summed E-state index contributed by atoms with van der Waals surface area (Å²) in [5, 5.41) is 5.83. The summed E-state index contributed by atoms with van der Waals surface area (Å²) >= 11 is 1.58. The largest absolute Gasteiger partial charge is 0.336 e. The molecule has 1 aromatic carbocycles. The monoisotopic (exact) mass is 329 g/mol. The highest BCUT2D eigenvalue weighted by atomic mass is 32.1. The molecular formula is C17H19N3O2S. The predicted molar refractivity (Wildman–Crippen MR) is 90.4 cm³/mol. The van der Waals surface area contributed by atoms with E-state index in [1.165, 1.54) is 0 Å². The Morgan fingerprint density at radius 3 is 2.83 bits per heavy atom. The molecule has 0 spiro atoms. The van der Waals surface area contributed by atoms with E-state index in [-0.39, 0.29) is 17.7 Å². The first-order valence-corrected chi connectivity index (χ1v) is 8.48. The second-order valence-corrected chi connectivity index (χ2v) is 6.93. The van der Waals surface area contributed by atoms with Gasteiger partial charge in [0.2, 0.25) is 5.91 Å². The first-order chi connectivity index (χ1) is 11.0. The molecule has 1 N–H and O–H groups in total. The van der Waals surface area contributed by atoms with Gasteiger partial charge in [-0.05, 0) is 38.0 Å². The summed E-state index contributed by atoms with van der Waals surface area (Å²) in [7, 11) is 1.76. The van der Waals surface area contributed by atoms with Crippen LogP contribution in [0.1, 0.15) is 33.9 Å². The van der Waals surface area contributed by atoms with E-state index in [2.05, 4.69) is 10.3 Å². The zero-order chi connectivity index (χ0) is 16.4. The Bertz CT molecular complexity index is 737. The molecule has 1 saturated carbocycles. The van der Waals surface area contributed by atoms with Crippen molar-refractivity contribution in [3.8, 4) is 0 Å². The fourth-order valence-corrected chi connectivity index (χ4v) is 2.94. The van der Waals surface area contributed by atoms with Gasteiger partial charge in [-0.3, -0.25) is 9.59 Å². The fraction of sp³-hybridized carbons (Fsp3) is 0.353. The molecule has 23 heavy (non-hydrogen) atoms. The molecule has 0 aliphatic heterocycles. The van der Waals surface area contributed by atoms with Crippen molar-refractivity contribution in [2.75, 3.05) is 12.4 Å². The number of aryl methyl sites for hydroxylation is 1. The fourth-order valence-electron chi connectivity index (χ4n) is 2.34. The van der Waals surface area contributed by atoms with Gasteiger partial charge in [-0.25, -0.2) is 4.98 Å². The normalized spacial score (nSPS) is 13.7. The summed E-state index contributed by atoms with van der Waals surface area (Å²) in [5.74, 6) is 0.101. The molecule has 0 atom stereocenters. The summed E-state index contributed by atoms with van der Waals surface area (Å²) in [6, 6.07) is 7.08. The van der Waals surface area contributed by atoms with Crippen molar-refractivity contribution in [2.45, 2.75) is 26.3 Å². The zero-order valence-electron chi connectivity index (χ0n) is 13.2. The first kappa shape index (κ1) is 15.7. The van der Waals surface area contributed by atoms with E-state index in [1.54, 1.807) is 47.5 Å². The van der Waals surface area contributed by atoms with Gasteiger partial charge in [0.25, 0.3) is 5.91 Å². The second kappa shape index (κ2) is 6.50. The summed E-state index contributed by atoms with van der Waals surface area (Å²) in [4.78, 5) is 30.4. The van der Waals surface area contributed by atoms with Gasteiger partial charge in [0.15, 0.2) is 0 Å². The maximum Gasteiger partial charge on any atom is 0.254 e. The van der Waals surface area contributed by atoms with Gasteiger partial charge in [-0.1, -0.05) is 6.07 Å². The van der Waals surface area contributed by atoms with Crippen LogP contribution in [-0.4, -0.2) is 28.7 Å². The Morgan fingerprint density at radius 1 is 1.39 bits per heavy atom. The minimum absolute atomic E-state index is 0.0425. The average Bonchev–Trinajstić information content (AvgIpc) is 3.30. The summed E-state index contributed by atoms with van der Waals surface area (Å²) in [6.07, 6.45) is 1.92. The number of carbonyl (C=O) groups is 2. The summed E-state index contributed by atoms with van der Waals surface area (Å²) < 4.78 is 0. The Morgan fingerprint density at radius 2 is 2.17 bits per heavy atom. The van der Waals surface area contributed by atoms with Crippen molar-refractivity contribution in [1.29, 1.82) is 0 Å². The number of amides is 2. The lowest BCUT2D eigenvalue weighted by Gasteiger charge is -2.16. The Hall–Kier alpha value is -2.21. The molecule has 0 unspecified atom stereocenters. The van der Waals surface area contributed by atoms with Crippen LogP contribution in [0.25, 0.3) is 0 Å². The molecule has 1 aromatic heterocycles. The maximum atomic E-state index is 12.5. The highest BCUT2D eigenvalue weighted by Crippen LogP contribution is 2.30. The minimum Gasteiger partial charge on any atom is -0.336 e. The molecule has 0 saturated heterocycles. The molecule has 0 bridgehead atoms. The van der Waals surface area contributed by atoms with Crippen molar-refractivity contribution in [3.05, 3.63) is 45.9 Å². The van der Waals surface area contributed by atoms with Gasteiger partial charge >= 0.3 is 0 Å². The number of benzene rings is 1. The average molecular weight is 329 g/mol. The van der Waals surface area contributed by atoms with Crippen LogP contribution in [0.5, 0.6) is 0 Å². The molecule has 2 amide bonds. The van der Waals surface area contributed by atoms with Crippen molar-refractivity contribution < 1.29 is 9.59 Å². The highest BCUT2D eigenvalue weighted by molar-refractivity contribution is 7.09. The molecule has 120 valence electrons. The van der Waals surface area contributed by atoms with Crippen molar-refractivity contribution in [2.24, 2.45) is 5.92 Å². The van der Waals surface area contributed by atoms with E-state index < -0.39 is 0 Å². The number of nitrogens with one attached hydrogen (secondary N) is 1. The number of hydrogen-bond acceptors (Lipinski definition) is 4. The van der Waals surface area contributed by atoms with Gasteiger partial charge in [-0.2, -0.15) is 0 Å². The van der Waals surface area contributed by atoms with E-state index in [9.17, 15) is 9.59 Å². The van der Waals surface area contributed by atoms with E-state index in [0.717, 1.165) is 23.5 Å². The van der Waals surface area contributed by atoms with Gasteiger partial charge in [0.1, 0.15) is 0 Å². The minimum atomic E-state index is -0.0850. The van der Waals surface area contributed by atoms with E-state index in [1.807, 2.05) is 12.3 Å². The third-order valence-corrected chi connectivity index (χ3v) is 4.56. The number of carbonyl (C=O) groups excluding carboxylic acids is 2. The first-order valence-electron chi connectivity index (χ1n) is 7.60. The lowest BCUT2D eigenvalue weighted by atomic mass is 10.1. The van der Waals surface area contributed by atoms with Crippen LogP contribution in [0.2, 0.25) is 0 Å². The molecular weight excluding hydrogens is 310 g/mol. The van der Waals surface area contributed by atoms with Crippen LogP contribution in [0.4, 0.5) is 5.69 Å². The second-order valence-electron chi connectivity index (χ2n) is 5.86. The molecule has 2 aromatic rings. The smallest absolute Gasteiger partial charge is 0.254 e. The molecule has 6 heteroatoms. The summed E-state index contributed by atoms with van der Waals surface area (Å²) in [5.41, 5.74) is 2.13. The van der Waals surface area contributed by atoms with Crippen molar-refractivity contribution in [3.63, 3.8) is 0 Å². The van der Waals surface area contributed by atoms with E-state index >= 15 is 0 Å². The SMILES string of the molecule is Cc1nc(CN(C)C(=O)c2cccc(NC(=O)C3CC3)c2)cs1. The maximum absolute atomic E-state index is 12.5. The standard InChI is InChI=1S/C17H19N3O2S/c1-11-18-15(10-23-11)9-20(2)17(22)13-4-3-5-14(8-13)19-16(21)12-6-7-12/h3-5,8,10,12H,6-7,9H2,1-2H3,(H,19,21). The van der Waals surface area contributed by atoms with Crippen LogP contribution < -0.4 is 5.32 Å². The van der Waals surface area contributed by atoms with Crippen molar-refractivity contribution in [1.82, 2.24) is 9.88 Å². The van der Waals surface area contributed by atoms with Crippen LogP contribution >= 0.6 is 11.3 Å². The van der Waals surface area contributed by atoms with E-state index in [0.29, 0.717) is 17.8 Å². The van der Waals surface area contributed by atoms with Crippen LogP contribution in [0.15, 0.2) is 29.6 Å².